The van der Waals surface area contributed by atoms with E-state index in [0.29, 0.717) is 12.8 Å². The van der Waals surface area contributed by atoms with E-state index in [-0.39, 0.29) is 17.1 Å². The molecule has 0 heterocycles. The van der Waals surface area contributed by atoms with Crippen LogP contribution in [0.3, 0.4) is 0 Å². The predicted molar refractivity (Wildman–Crippen MR) is 45.1 cm³/mol. The van der Waals surface area contributed by atoms with E-state index in [1.165, 1.54) is 0 Å². The predicted octanol–water partition coefficient (Wildman–Crippen LogP) is 1.74. The summed E-state index contributed by atoms with van der Waals surface area (Å²) >= 11 is 0. The van der Waals surface area contributed by atoms with Crippen molar-refractivity contribution in [1.82, 2.24) is 0 Å². The van der Waals surface area contributed by atoms with Crippen LogP contribution in [0.4, 0.5) is 0 Å². The van der Waals surface area contributed by atoms with Crippen molar-refractivity contribution in [3.63, 3.8) is 0 Å². The third-order valence-corrected chi connectivity index (χ3v) is 0.928. The average Bonchev–Trinajstić information content (AvgIpc) is 1.87. The second kappa shape index (κ2) is 14.0. The normalized spacial score (nSPS) is 7.54. The summed E-state index contributed by atoms with van der Waals surface area (Å²) in [5, 5.41) is 15.8. The first-order valence-corrected chi connectivity index (χ1v) is 3.98. The number of rotatable bonds is 4. The molecule has 0 aromatic carbocycles. The van der Waals surface area contributed by atoms with Gasteiger partial charge in [0.15, 0.2) is 0 Å². The minimum Gasteiger partial charge on any atom is -0.481 e. The van der Waals surface area contributed by atoms with Gasteiger partial charge in [-0.2, -0.15) is 0 Å². The van der Waals surface area contributed by atoms with Crippen molar-refractivity contribution < 1.29 is 36.9 Å². The standard InChI is InChI=1S/2C4H8O2.Mn/c2*1-2-3-4(5)6;/h2*2-3H2,1H3,(H,5,6);. The molecule has 0 aliphatic rings. The van der Waals surface area contributed by atoms with Crippen molar-refractivity contribution in [2.45, 2.75) is 39.5 Å². The largest absolute Gasteiger partial charge is 0.481 e. The molecule has 0 unspecified atom stereocenters. The van der Waals surface area contributed by atoms with Crippen molar-refractivity contribution in [2.75, 3.05) is 0 Å². The summed E-state index contributed by atoms with van der Waals surface area (Å²) in [7, 11) is 0. The van der Waals surface area contributed by atoms with Gasteiger partial charge in [-0.3, -0.25) is 9.59 Å². The second-order valence-corrected chi connectivity index (χ2v) is 2.29. The number of aliphatic carboxylic acids is 2. The molecule has 0 amide bonds. The van der Waals surface area contributed by atoms with Crippen LogP contribution in [0.2, 0.25) is 0 Å². The molecule has 0 fully saturated rings. The van der Waals surface area contributed by atoms with Gasteiger partial charge < -0.3 is 10.2 Å². The number of hydrogen-bond acceptors (Lipinski definition) is 2. The molecular formula is C8H16MnO4. The summed E-state index contributed by atoms with van der Waals surface area (Å²) in [5.74, 6) is -1.42. The maximum absolute atomic E-state index is 9.60. The molecule has 0 saturated carbocycles. The first-order valence-electron chi connectivity index (χ1n) is 3.98. The molecule has 5 heteroatoms. The molecule has 0 bridgehead atoms. The Morgan fingerprint density at radius 3 is 1.15 bits per heavy atom. The Morgan fingerprint density at radius 2 is 1.15 bits per heavy atom. The molecule has 2 N–H and O–H groups in total. The number of carbonyl (C=O) groups is 2. The quantitative estimate of drug-likeness (QED) is 0.722. The Morgan fingerprint density at radius 1 is 0.923 bits per heavy atom. The van der Waals surface area contributed by atoms with Crippen LogP contribution in [0.1, 0.15) is 39.5 Å². The first-order chi connectivity index (χ1) is 5.54. The Balaban J connectivity index is -0.000000143. The van der Waals surface area contributed by atoms with Crippen LogP contribution >= 0.6 is 0 Å². The van der Waals surface area contributed by atoms with Crippen LogP contribution in [0, 0.1) is 0 Å². The molecule has 0 aliphatic carbocycles. The van der Waals surface area contributed by atoms with E-state index in [1.54, 1.807) is 0 Å². The zero-order valence-electron chi connectivity index (χ0n) is 7.92. The third-order valence-electron chi connectivity index (χ3n) is 0.928. The molecule has 0 saturated heterocycles. The smallest absolute Gasteiger partial charge is 0.303 e. The van der Waals surface area contributed by atoms with Gasteiger partial charge in [-0.05, 0) is 12.8 Å². The summed E-state index contributed by atoms with van der Waals surface area (Å²) in [6, 6.07) is 0. The van der Waals surface area contributed by atoms with Crippen molar-refractivity contribution in [3.8, 4) is 0 Å². The molecule has 0 spiro atoms. The van der Waals surface area contributed by atoms with E-state index in [1.807, 2.05) is 13.8 Å². The van der Waals surface area contributed by atoms with E-state index in [2.05, 4.69) is 0 Å². The van der Waals surface area contributed by atoms with Gasteiger partial charge in [0.25, 0.3) is 0 Å². The van der Waals surface area contributed by atoms with Gasteiger partial charge in [0.1, 0.15) is 0 Å². The monoisotopic (exact) mass is 231 g/mol. The molecule has 0 rings (SSSR count). The molecule has 79 valence electrons. The topological polar surface area (TPSA) is 74.6 Å². The number of carboxylic acids is 2. The fourth-order valence-electron chi connectivity index (χ4n) is 0.428. The van der Waals surface area contributed by atoms with E-state index in [4.69, 9.17) is 10.2 Å². The molecule has 0 aliphatic heterocycles. The molecule has 0 aromatic rings. The Labute approximate surface area is 88.8 Å². The molecule has 1 radical (unpaired) electrons. The van der Waals surface area contributed by atoms with Crippen molar-refractivity contribution in [3.05, 3.63) is 0 Å². The van der Waals surface area contributed by atoms with Crippen LogP contribution in [0.25, 0.3) is 0 Å². The Kier molecular flexibility index (Phi) is 19.7. The van der Waals surface area contributed by atoms with Gasteiger partial charge in [-0.15, -0.1) is 0 Å². The minimum absolute atomic E-state index is 0. The summed E-state index contributed by atoms with van der Waals surface area (Å²) in [6.45, 7) is 3.68. The van der Waals surface area contributed by atoms with Gasteiger partial charge in [0, 0.05) is 29.9 Å². The fraction of sp³-hybridized carbons (Fsp3) is 0.750. The van der Waals surface area contributed by atoms with Crippen LogP contribution in [-0.4, -0.2) is 22.2 Å². The molecule has 4 nitrogen and oxygen atoms in total. The average molecular weight is 231 g/mol. The van der Waals surface area contributed by atoms with Crippen molar-refractivity contribution in [2.24, 2.45) is 0 Å². The zero-order chi connectivity index (χ0) is 9.98. The van der Waals surface area contributed by atoms with Gasteiger partial charge in [-0.1, -0.05) is 13.8 Å². The van der Waals surface area contributed by atoms with Crippen LogP contribution in [0.15, 0.2) is 0 Å². The fourth-order valence-corrected chi connectivity index (χ4v) is 0.428. The van der Waals surface area contributed by atoms with E-state index < -0.39 is 11.9 Å². The number of carboxylic acid groups (broad SMARTS) is 2. The molecule has 0 aromatic heterocycles. The zero-order valence-corrected chi connectivity index (χ0v) is 9.10. The van der Waals surface area contributed by atoms with Gasteiger partial charge in [0.2, 0.25) is 0 Å². The van der Waals surface area contributed by atoms with Gasteiger partial charge >= 0.3 is 11.9 Å². The van der Waals surface area contributed by atoms with Crippen LogP contribution in [0.5, 0.6) is 0 Å². The molecule has 0 atom stereocenters. The van der Waals surface area contributed by atoms with E-state index in [0.717, 1.165) is 12.8 Å². The van der Waals surface area contributed by atoms with E-state index >= 15 is 0 Å². The molecular weight excluding hydrogens is 215 g/mol. The molecule has 13 heavy (non-hydrogen) atoms. The van der Waals surface area contributed by atoms with Gasteiger partial charge in [-0.25, -0.2) is 0 Å². The van der Waals surface area contributed by atoms with Crippen LogP contribution < -0.4 is 0 Å². The second-order valence-electron chi connectivity index (χ2n) is 2.29. The van der Waals surface area contributed by atoms with Crippen molar-refractivity contribution in [1.29, 1.82) is 0 Å². The maximum atomic E-state index is 9.60. The summed E-state index contributed by atoms with van der Waals surface area (Å²) in [6.07, 6.45) is 2.05. The summed E-state index contributed by atoms with van der Waals surface area (Å²) in [5.41, 5.74) is 0. The third kappa shape index (κ3) is 34.4. The van der Waals surface area contributed by atoms with Crippen molar-refractivity contribution >= 4 is 11.9 Å². The summed E-state index contributed by atoms with van der Waals surface area (Å²) < 4.78 is 0. The minimum atomic E-state index is -0.711. The summed E-state index contributed by atoms with van der Waals surface area (Å²) in [4.78, 5) is 19.2. The van der Waals surface area contributed by atoms with Gasteiger partial charge in [0.05, 0.1) is 0 Å². The SMILES string of the molecule is CCCC(=O)O.CCCC(=O)O.[Mn]. The Hall–Kier alpha value is -0.541. The maximum Gasteiger partial charge on any atom is 0.303 e. The van der Waals surface area contributed by atoms with Crippen LogP contribution in [-0.2, 0) is 26.7 Å². The number of hydrogen-bond donors (Lipinski definition) is 2. The first kappa shape index (κ1) is 18.3. The Bertz CT molecular complexity index is 120. The van der Waals surface area contributed by atoms with E-state index in [9.17, 15) is 9.59 Å².